The molecule has 0 bridgehead atoms. The molecule has 11 heteroatoms. The van der Waals surface area contributed by atoms with E-state index >= 15 is 0 Å². The highest BCUT2D eigenvalue weighted by Crippen LogP contribution is 2.48. The monoisotopic (exact) mass is 317 g/mol. The lowest BCUT2D eigenvalue weighted by Crippen LogP contribution is -2.36. The molecule has 0 spiro atoms. The highest BCUT2D eigenvalue weighted by Gasteiger charge is 2.63. The third kappa shape index (κ3) is 2.58. The van der Waals surface area contributed by atoms with Gasteiger partial charge in [0.05, 0.1) is 0 Å². The van der Waals surface area contributed by atoms with Gasteiger partial charge in [-0.05, 0) is 0 Å². The Hall–Kier alpha value is -0.340. The first-order valence-corrected chi connectivity index (χ1v) is 4.94. The topological polar surface area (TPSA) is 30.7 Å². The normalized spacial score (nSPS) is 14.2. The fourth-order valence-electron chi connectivity index (χ4n) is 1.02. The van der Waals surface area contributed by atoms with E-state index in [0.29, 0.717) is 4.68 Å². The average molecular weight is 318 g/mol. The maximum absolute atomic E-state index is 13.1. The van der Waals surface area contributed by atoms with E-state index < -0.39 is 27.3 Å². The minimum absolute atomic E-state index is 0.544. The molecule has 0 aromatic carbocycles. The van der Waals surface area contributed by atoms with Crippen molar-refractivity contribution in [1.29, 1.82) is 0 Å². The van der Waals surface area contributed by atoms with Crippen LogP contribution in [0, 0.1) is 0 Å². The smallest absolute Gasteiger partial charge is 0.248 e. The van der Waals surface area contributed by atoms with Crippen LogP contribution in [0.5, 0.6) is 0 Å². The van der Waals surface area contributed by atoms with E-state index in [0.717, 1.165) is 7.05 Å². The summed E-state index contributed by atoms with van der Waals surface area (Å²) in [4.78, 5) is 0. The number of aryl methyl sites for hydroxylation is 1. The van der Waals surface area contributed by atoms with Crippen LogP contribution < -0.4 is 0 Å². The van der Waals surface area contributed by atoms with Crippen LogP contribution in [-0.4, -0.2) is 21.2 Å². The van der Waals surface area contributed by atoms with Crippen LogP contribution >= 0.6 is 34.8 Å². The number of alkyl halides is 8. The molecule has 98 valence electrons. The first-order chi connectivity index (χ1) is 7.39. The van der Waals surface area contributed by atoms with Gasteiger partial charge in [0, 0.05) is 7.05 Å². The Labute approximate surface area is 106 Å². The van der Waals surface area contributed by atoms with E-state index in [4.69, 9.17) is 34.8 Å². The number of aromatic nitrogens is 3. The minimum atomic E-state index is -5.85. The quantitative estimate of drug-likeness (QED) is 0.587. The Morgan fingerprint density at radius 2 is 1.53 bits per heavy atom. The van der Waals surface area contributed by atoms with Crippen LogP contribution in [0.1, 0.15) is 11.4 Å². The summed E-state index contributed by atoms with van der Waals surface area (Å²) in [6.45, 7) is 0. The van der Waals surface area contributed by atoms with E-state index in [9.17, 15) is 22.0 Å². The molecule has 0 aliphatic heterocycles. The Balaban J connectivity index is 3.45. The Bertz CT molecular complexity index is 422. The zero-order valence-electron chi connectivity index (χ0n) is 7.87. The van der Waals surface area contributed by atoms with Crippen LogP contribution in [0.3, 0.4) is 0 Å². The third-order valence-electron chi connectivity index (χ3n) is 1.75. The van der Waals surface area contributed by atoms with Crippen LogP contribution in [0.4, 0.5) is 22.0 Å². The van der Waals surface area contributed by atoms with Gasteiger partial charge in [-0.2, -0.15) is 22.0 Å². The number of halogens is 8. The van der Waals surface area contributed by atoms with Gasteiger partial charge < -0.3 is 0 Å². The van der Waals surface area contributed by atoms with E-state index in [1.165, 1.54) is 0 Å². The van der Waals surface area contributed by atoms with E-state index in [2.05, 4.69) is 10.3 Å². The summed E-state index contributed by atoms with van der Waals surface area (Å²) in [5.41, 5.74) is -2.67. The molecule has 0 aliphatic rings. The summed E-state index contributed by atoms with van der Waals surface area (Å²) in [7, 11) is 1.03. The lowest BCUT2D eigenvalue weighted by atomic mass is 10.2. The molecule has 0 atom stereocenters. The molecule has 0 unspecified atom stereocenters. The number of nitrogens with zero attached hydrogens (tertiary/aromatic N) is 3. The molecule has 0 saturated heterocycles. The second kappa shape index (κ2) is 4.10. The zero-order valence-corrected chi connectivity index (χ0v) is 10.1. The van der Waals surface area contributed by atoms with Gasteiger partial charge in [-0.1, -0.05) is 40.0 Å². The molecular formula is C6H3Cl3F5N3. The molecule has 1 aromatic heterocycles. The van der Waals surface area contributed by atoms with E-state index in [1.807, 2.05) is 0 Å². The van der Waals surface area contributed by atoms with Gasteiger partial charge in [0.1, 0.15) is 5.69 Å². The summed E-state index contributed by atoms with van der Waals surface area (Å²) in [5, 5.41) is 5.71. The number of hydrogen-bond donors (Lipinski definition) is 0. The molecule has 0 aliphatic carbocycles. The second-order valence-electron chi connectivity index (χ2n) is 2.98. The van der Waals surface area contributed by atoms with Crippen molar-refractivity contribution < 1.29 is 22.0 Å². The van der Waals surface area contributed by atoms with E-state index in [-0.39, 0.29) is 0 Å². The van der Waals surface area contributed by atoms with Gasteiger partial charge in [-0.15, -0.1) is 5.10 Å². The summed E-state index contributed by atoms with van der Waals surface area (Å²) in [5.74, 6) is -5.25. The lowest BCUT2D eigenvalue weighted by Gasteiger charge is -2.20. The van der Waals surface area contributed by atoms with Crippen LogP contribution in [0.2, 0.25) is 0 Å². The van der Waals surface area contributed by atoms with Crippen LogP contribution in [0.15, 0.2) is 0 Å². The lowest BCUT2D eigenvalue weighted by molar-refractivity contribution is -0.291. The van der Waals surface area contributed by atoms with Gasteiger partial charge in [-0.25, -0.2) is 4.68 Å². The molecule has 0 fully saturated rings. The van der Waals surface area contributed by atoms with Crippen molar-refractivity contribution in [3.8, 4) is 0 Å². The summed E-state index contributed by atoms with van der Waals surface area (Å²) >= 11 is 15.9. The predicted octanol–water partition coefficient (Wildman–Crippen LogP) is 3.30. The van der Waals surface area contributed by atoms with Crippen molar-refractivity contribution in [1.82, 2.24) is 15.0 Å². The molecule has 0 N–H and O–H groups in total. The van der Waals surface area contributed by atoms with Crippen molar-refractivity contribution in [3.05, 3.63) is 11.4 Å². The fraction of sp³-hybridized carbons (Fsp3) is 0.667. The first kappa shape index (κ1) is 14.7. The Kier molecular flexibility index (Phi) is 3.55. The average Bonchev–Trinajstić information content (AvgIpc) is 2.44. The summed E-state index contributed by atoms with van der Waals surface area (Å²) < 4.78 is 60.6. The van der Waals surface area contributed by atoms with Gasteiger partial charge >= 0.3 is 12.1 Å². The van der Waals surface area contributed by atoms with Crippen LogP contribution in [-0.2, 0) is 16.8 Å². The molecule has 3 nitrogen and oxygen atoms in total. The first-order valence-electron chi connectivity index (χ1n) is 3.81. The van der Waals surface area contributed by atoms with Crippen molar-refractivity contribution in [3.63, 3.8) is 0 Å². The van der Waals surface area contributed by atoms with Crippen molar-refractivity contribution in [2.24, 2.45) is 7.05 Å². The molecule has 1 heterocycles. The minimum Gasteiger partial charge on any atom is -0.248 e. The molecule has 0 amide bonds. The highest BCUT2D eigenvalue weighted by atomic mass is 35.6. The van der Waals surface area contributed by atoms with Gasteiger partial charge in [0.2, 0.25) is 3.79 Å². The largest absolute Gasteiger partial charge is 0.459 e. The summed E-state index contributed by atoms with van der Waals surface area (Å²) in [6, 6.07) is 0. The molecular weight excluding hydrogens is 315 g/mol. The zero-order chi connectivity index (χ0) is 13.6. The number of hydrogen-bond acceptors (Lipinski definition) is 2. The third-order valence-corrected chi connectivity index (χ3v) is 2.29. The van der Waals surface area contributed by atoms with Crippen molar-refractivity contribution >= 4 is 34.8 Å². The Morgan fingerprint density at radius 1 is 1.06 bits per heavy atom. The van der Waals surface area contributed by atoms with Crippen molar-refractivity contribution in [2.75, 3.05) is 0 Å². The molecule has 1 aromatic rings. The number of rotatable bonds is 1. The second-order valence-corrected chi connectivity index (χ2v) is 5.26. The maximum Gasteiger partial charge on any atom is 0.459 e. The highest BCUT2D eigenvalue weighted by molar-refractivity contribution is 6.66. The standard InChI is InChI=1S/C6H3Cl3F5N3/c1-17-3(5(7,8)9)2(15-16-17)4(10,11)6(12,13)14/h1H3. The maximum atomic E-state index is 13.1. The van der Waals surface area contributed by atoms with Crippen molar-refractivity contribution in [2.45, 2.75) is 15.9 Å². The molecule has 17 heavy (non-hydrogen) atoms. The van der Waals surface area contributed by atoms with Gasteiger partial charge in [0.25, 0.3) is 0 Å². The van der Waals surface area contributed by atoms with Gasteiger partial charge in [-0.3, -0.25) is 0 Å². The van der Waals surface area contributed by atoms with Crippen LogP contribution in [0.25, 0.3) is 0 Å². The summed E-state index contributed by atoms with van der Waals surface area (Å²) in [6.07, 6.45) is -5.85. The molecule has 0 radical (unpaired) electrons. The predicted molar refractivity (Wildman–Crippen MR) is 50.2 cm³/mol. The fourth-order valence-corrected chi connectivity index (χ4v) is 1.66. The molecule has 1 rings (SSSR count). The van der Waals surface area contributed by atoms with E-state index in [1.54, 1.807) is 0 Å². The Morgan fingerprint density at radius 3 is 1.88 bits per heavy atom. The van der Waals surface area contributed by atoms with Gasteiger partial charge in [0.15, 0.2) is 5.69 Å². The molecule has 0 saturated carbocycles. The SMILES string of the molecule is Cn1nnc(C(F)(F)C(F)(F)F)c1C(Cl)(Cl)Cl.